The van der Waals surface area contributed by atoms with Crippen LogP contribution in [0.5, 0.6) is 0 Å². The number of carbonyl (C=O) groups is 2. The van der Waals surface area contributed by atoms with E-state index >= 15 is 0 Å². The van der Waals surface area contributed by atoms with Gasteiger partial charge < -0.3 is 15.2 Å². The average Bonchev–Trinajstić information content (AvgIpc) is 2.80. The van der Waals surface area contributed by atoms with Gasteiger partial charge in [0, 0.05) is 13.2 Å². The van der Waals surface area contributed by atoms with Gasteiger partial charge in [-0.2, -0.15) is 0 Å². The summed E-state index contributed by atoms with van der Waals surface area (Å²) in [5.74, 6) is -1.99. The van der Waals surface area contributed by atoms with E-state index in [-0.39, 0.29) is 12.0 Å². The van der Waals surface area contributed by atoms with Crippen LogP contribution in [0.3, 0.4) is 0 Å². The third-order valence-electron chi connectivity index (χ3n) is 3.45. The summed E-state index contributed by atoms with van der Waals surface area (Å²) in [7, 11) is 0. The van der Waals surface area contributed by atoms with Crippen LogP contribution >= 0.6 is 0 Å². The third-order valence-corrected chi connectivity index (χ3v) is 3.45. The Morgan fingerprint density at radius 3 is 2.39 bits per heavy atom. The Bertz CT molecular complexity index is 325. The number of aliphatic carboxylic acids is 1. The molecule has 104 valence electrons. The Labute approximate surface area is 108 Å². The summed E-state index contributed by atoms with van der Waals surface area (Å²) in [5.41, 5.74) is -0.426. The van der Waals surface area contributed by atoms with E-state index in [1.807, 2.05) is 27.7 Å². The lowest BCUT2D eigenvalue weighted by Gasteiger charge is -2.08. The molecule has 0 heterocycles. The highest BCUT2D eigenvalue weighted by Gasteiger charge is 2.65. The number of carbonyl (C=O) groups excluding carboxylic acids is 1. The molecule has 18 heavy (non-hydrogen) atoms. The molecule has 0 bridgehead atoms. The number of amides is 1. The van der Waals surface area contributed by atoms with Crippen molar-refractivity contribution in [2.24, 2.45) is 17.3 Å². The zero-order valence-electron chi connectivity index (χ0n) is 11.5. The van der Waals surface area contributed by atoms with E-state index in [0.717, 1.165) is 6.42 Å². The van der Waals surface area contributed by atoms with Crippen LogP contribution in [0.2, 0.25) is 0 Å². The molecule has 0 spiro atoms. The zero-order valence-corrected chi connectivity index (χ0v) is 11.5. The highest BCUT2D eigenvalue weighted by atomic mass is 16.5. The van der Waals surface area contributed by atoms with Gasteiger partial charge in [0.2, 0.25) is 5.91 Å². The number of carboxylic acids is 1. The van der Waals surface area contributed by atoms with E-state index in [0.29, 0.717) is 13.2 Å². The SMILES string of the molecule is CC(C)OCCCNC(=O)[C@H]1[C@@H](C(=O)O)C1(C)C. The van der Waals surface area contributed by atoms with Crippen molar-refractivity contribution in [3.8, 4) is 0 Å². The molecule has 1 aliphatic rings. The lowest BCUT2D eigenvalue weighted by atomic mass is 10.1. The fourth-order valence-corrected chi connectivity index (χ4v) is 2.30. The molecule has 2 N–H and O–H groups in total. The molecule has 0 aromatic carbocycles. The Kier molecular flexibility index (Phi) is 4.73. The number of hydrogen-bond donors (Lipinski definition) is 2. The molecular formula is C13H23NO4. The zero-order chi connectivity index (χ0) is 13.9. The van der Waals surface area contributed by atoms with Crippen molar-refractivity contribution in [1.82, 2.24) is 5.32 Å². The first-order valence-electron chi connectivity index (χ1n) is 6.40. The second kappa shape index (κ2) is 5.69. The van der Waals surface area contributed by atoms with Crippen LogP contribution in [0.1, 0.15) is 34.1 Å². The summed E-state index contributed by atoms with van der Waals surface area (Å²) in [4.78, 5) is 22.8. The molecule has 2 atom stereocenters. The monoisotopic (exact) mass is 257 g/mol. The molecule has 0 aromatic heterocycles. The molecule has 1 fully saturated rings. The first kappa shape index (κ1) is 15.0. The molecule has 1 aliphatic carbocycles. The van der Waals surface area contributed by atoms with Crippen LogP contribution in [0, 0.1) is 17.3 Å². The van der Waals surface area contributed by atoms with Crippen molar-refractivity contribution in [2.75, 3.05) is 13.2 Å². The van der Waals surface area contributed by atoms with Crippen molar-refractivity contribution in [3.05, 3.63) is 0 Å². The minimum Gasteiger partial charge on any atom is -0.481 e. The molecule has 5 nitrogen and oxygen atoms in total. The van der Waals surface area contributed by atoms with Gasteiger partial charge in [-0.15, -0.1) is 0 Å². The first-order chi connectivity index (χ1) is 8.28. The fraction of sp³-hybridized carbons (Fsp3) is 0.846. The number of rotatable bonds is 7. The van der Waals surface area contributed by atoms with Crippen LogP contribution in [0.15, 0.2) is 0 Å². The Balaban J connectivity index is 2.25. The molecule has 0 saturated heterocycles. The topological polar surface area (TPSA) is 75.6 Å². The maximum Gasteiger partial charge on any atom is 0.307 e. The second-order valence-electron chi connectivity index (χ2n) is 5.68. The third kappa shape index (κ3) is 3.45. The van der Waals surface area contributed by atoms with Crippen LogP contribution in [0.25, 0.3) is 0 Å². The van der Waals surface area contributed by atoms with Crippen molar-refractivity contribution in [1.29, 1.82) is 0 Å². The van der Waals surface area contributed by atoms with Crippen molar-refractivity contribution in [3.63, 3.8) is 0 Å². The smallest absolute Gasteiger partial charge is 0.307 e. The van der Waals surface area contributed by atoms with E-state index in [1.165, 1.54) is 0 Å². The summed E-state index contributed by atoms with van der Waals surface area (Å²) < 4.78 is 5.35. The highest BCUT2D eigenvalue weighted by molar-refractivity contribution is 5.91. The minimum atomic E-state index is -0.886. The van der Waals surface area contributed by atoms with Gasteiger partial charge in [-0.05, 0) is 25.7 Å². The Morgan fingerprint density at radius 1 is 1.33 bits per heavy atom. The quantitative estimate of drug-likeness (QED) is 0.674. The highest BCUT2D eigenvalue weighted by Crippen LogP contribution is 2.58. The molecular weight excluding hydrogens is 234 g/mol. The van der Waals surface area contributed by atoms with E-state index in [4.69, 9.17) is 9.84 Å². The molecule has 5 heteroatoms. The van der Waals surface area contributed by atoms with Crippen LogP contribution in [-0.2, 0) is 14.3 Å². The molecule has 1 amide bonds. The summed E-state index contributed by atoms with van der Waals surface area (Å²) in [6, 6.07) is 0. The van der Waals surface area contributed by atoms with Crippen molar-refractivity contribution in [2.45, 2.75) is 40.2 Å². The van der Waals surface area contributed by atoms with Gasteiger partial charge in [-0.1, -0.05) is 13.8 Å². The van der Waals surface area contributed by atoms with Crippen LogP contribution < -0.4 is 5.32 Å². The van der Waals surface area contributed by atoms with Gasteiger partial charge in [-0.25, -0.2) is 0 Å². The van der Waals surface area contributed by atoms with Crippen molar-refractivity contribution >= 4 is 11.9 Å². The molecule has 0 aromatic rings. The number of carboxylic acid groups (broad SMARTS) is 1. The Hall–Kier alpha value is -1.10. The summed E-state index contributed by atoms with van der Waals surface area (Å²) in [6.07, 6.45) is 0.939. The fourth-order valence-electron chi connectivity index (χ4n) is 2.30. The van der Waals surface area contributed by atoms with Crippen LogP contribution in [-0.4, -0.2) is 36.2 Å². The van der Waals surface area contributed by atoms with E-state index < -0.39 is 23.2 Å². The predicted molar refractivity (Wildman–Crippen MR) is 67.1 cm³/mol. The summed E-state index contributed by atoms with van der Waals surface area (Å²) >= 11 is 0. The van der Waals surface area contributed by atoms with Crippen LogP contribution in [0.4, 0.5) is 0 Å². The van der Waals surface area contributed by atoms with E-state index in [2.05, 4.69) is 5.32 Å². The minimum absolute atomic E-state index is 0.156. The van der Waals surface area contributed by atoms with Gasteiger partial charge in [0.05, 0.1) is 17.9 Å². The second-order valence-corrected chi connectivity index (χ2v) is 5.68. The molecule has 0 aliphatic heterocycles. The maximum atomic E-state index is 11.8. The molecule has 0 unspecified atom stereocenters. The number of ether oxygens (including phenoxy) is 1. The normalized spacial score (nSPS) is 24.9. The van der Waals surface area contributed by atoms with Gasteiger partial charge >= 0.3 is 5.97 Å². The standard InChI is InChI=1S/C13H23NO4/c1-8(2)18-7-5-6-14-11(15)9-10(12(16)17)13(9,3)4/h8-10H,5-7H2,1-4H3,(H,14,15)(H,16,17)/t9-,10+/m1/s1. The van der Waals surface area contributed by atoms with Gasteiger partial charge in [0.1, 0.15) is 0 Å². The molecule has 1 saturated carbocycles. The van der Waals surface area contributed by atoms with Crippen molar-refractivity contribution < 1.29 is 19.4 Å². The Morgan fingerprint density at radius 2 is 1.94 bits per heavy atom. The summed E-state index contributed by atoms with van der Waals surface area (Å²) in [6.45, 7) is 8.69. The average molecular weight is 257 g/mol. The van der Waals surface area contributed by atoms with E-state index in [1.54, 1.807) is 0 Å². The molecule has 1 rings (SSSR count). The lowest BCUT2D eigenvalue weighted by molar-refractivity contribution is -0.140. The van der Waals surface area contributed by atoms with Gasteiger partial charge in [0.15, 0.2) is 0 Å². The number of hydrogen-bond acceptors (Lipinski definition) is 3. The summed E-state index contributed by atoms with van der Waals surface area (Å²) in [5, 5.41) is 11.8. The van der Waals surface area contributed by atoms with E-state index in [9.17, 15) is 9.59 Å². The van der Waals surface area contributed by atoms with Gasteiger partial charge in [-0.3, -0.25) is 9.59 Å². The number of nitrogens with one attached hydrogen (secondary N) is 1. The molecule has 0 radical (unpaired) electrons. The predicted octanol–water partition coefficient (Wildman–Crippen LogP) is 1.27. The lowest BCUT2D eigenvalue weighted by Crippen LogP contribution is -2.29. The van der Waals surface area contributed by atoms with Gasteiger partial charge in [0.25, 0.3) is 0 Å². The maximum absolute atomic E-state index is 11.8. The first-order valence-corrected chi connectivity index (χ1v) is 6.40. The largest absolute Gasteiger partial charge is 0.481 e.